The zero-order valence-corrected chi connectivity index (χ0v) is 15.5. The van der Waals surface area contributed by atoms with Crippen LogP contribution in [0.5, 0.6) is 0 Å². The highest BCUT2D eigenvalue weighted by Crippen LogP contribution is 2.30. The van der Waals surface area contributed by atoms with E-state index < -0.39 is 0 Å². The normalized spacial score (nSPS) is 11.2. The summed E-state index contributed by atoms with van der Waals surface area (Å²) in [5, 5.41) is 0.695. The molecule has 24 heavy (non-hydrogen) atoms. The number of thiophene rings is 1. The molecule has 0 amide bonds. The summed E-state index contributed by atoms with van der Waals surface area (Å²) in [6.45, 7) is 10.1. The van der Waals surface area contributed by atoms with Crippen LogP contribution in [0.1, 0.15) is 44.5 Å². The van der Waals surface area contributed by atoms with Crippen molar-refractivity contribution in [3.63, 3.8) is 0 Å². The Morgan fingerprint density at radius 2 is 1.71 bits per heavy atom. The molecular formula is C20H21NO2S. The zero-order chi connectivity index (χ0) is 17.6. The Bertz CT molecular complexity index is 1010. The first-order valence-electron chi connectivity index (χ1n) is 8.00. The second-order valence-electron chi connectivity index (χ2n) is 6.38. The third-order valence-electron chi connectivity index (χ3n) is 4.65. The molecule has 0 atom stereocenters. The fourth-order valence-corrected chi connectivity index (χ4v) is 4.33. The minimum Gasteiger partial charge on any atom is -0.331 e. The first-order valence-corrected chi connectivity index (χ1v) is 8.82. The fraction of sp³-hybridized carbons (Fsp3) is 0.300. The zero-order valence-electron chi connectivity index (χ0n) is 14.7. The molecule has 3 aromatic rings. The molecule has 0 aliphatic heterocycles. The highest BCUT2D eigenvalue weighted by Gasteiger charge is 2.21. The number of pyridine rings is 1. The van der Waals surface area contributed by atoms with E-state index in [4.69, 9.17) is 0 Å². The first kappa shape index (κ1) is 16.7. The summed E-state index contributed by atoms with van der Waals surface area (Å²) in [6.07, 6.45) is 0. The summed E-state index contributed by atoms with van der Waals surface area (Å²) < 4.78 is 2.11. The number of carbonyl (C=O) groups excluding carboxylic acids is 1. The first-order chi connectivity index (χ1) is 11.3. The van der Waals surface area contributed by atoms with Crippen LogP contribution >= 0.6 is 11.3 Å². The summed E-state index contributed by atoms with van der Waals surface area (Å²) in [4.78, 5) is 27.0. The Morgan fingerprint density at radius 3 is 2.29 bits per heavy atom. The number of fused-ring (bicyclic) bond motifs is 1. The van der Waals surface area contributed by atoms with Crippen molar-refractivity contribution in [1.29, 1.82) is 0 Å². The number of hydrogen-bond donors (Lipinski definition) is 0. The van der Waals surface area contributed by atoms with Gasteiger partial charge in [-0.2, -0.15) is 0 Å². The van der Waals surface area contributed by atoms with Crippen LogP contribution < -0.4 is 5.43 Å². The second-order valence-corrected chi connectivity index (χ2v) is 7.58. The smallest absolute Gasteiger partial charge is 0.201 e. The molecule has 2 heterocycles. The number of aryl methyl sites for hydroxylation is 3. The fourth-order valence-electron chi connectivity index (χ4n) is 3.12. The van der Waals surface area contributed by atoms with Crippen molar-refractivity contribution >= 4 is 27.3 Å². The lowest BCUT2D eigenvalue weighted by molar-refractivity contribution is 0.101. The Labute approximate surface area is 145 Å². The van der Waals surface area contributed by atoms with Crippen molar-refractivity contribution in [1.82, 2.24) is 4.57 Å². The molecular weight excluding hydrogens is 318 g/mol. The maximum absolute atomic E-state index is 12.8. The highest BCUT2D eigenvalue weighted by molar-refractivity contribution is 7.18. The molecule has 0 aliphatic rings. The number of hydrogen-bond acceptors (Lipinski definition) is 3. The molecule has 0 radical (unpaired) electrons. The van der Waals surface area contributed by atoms with Crippen LogP contribution in [-0.2, 0) is 6.54 Å². The molecule has 0 spiro atoms. The molecule has 0 bridgehead atoms. The van der Waals surface area contributed by atoms with Crippen molar-refractivity contribution in [2.45, 2.75) is 41.2 Å². The van der Waals surface area contributed by atoms with E-state index in [0.717, 1.165) is 26.5 Å². The second kappa shape index (κ2) is 6.02. The molecule has 3 nitrogen and oxygen atoms in total. The Kier molecular flexibility index (Phi) is 4.18. The number of ketones is 1. The molecule has 0 N–H and O–H groups in total. The number of Topliss-reactive ketones (excluding diaryl/α,β-unsaturated/α-hetero) is 1. The maximum atomic E-state index is 12.8. The van der Waals surface area contributed by atoms with Crippen LogP contribution in [0.3, 0.4) is 0 Å². The average molecular weight is 339 g/mol. The van der Waals surface area contributed by atoms with E-state index in [0.29, 0.717) is 17.5 Å². The monoisotopic (exact) mass is 339 g/mol. The van der Waals surface area contributed by atoms with E-state index in [1.165, 1.54) is 12.5 Å². The SMILES string of the molecule is CC(=O)c1c(C)n(Cc2ccc(C)cc2)c2sc(C)c(C)c2c1=O. The van der Waals surface area contributed by atoms with Gasteiger partial charge in [-0.3, -0.25) is 9.59 Å². The van der Waals surface area contributed by atoms with E-state index in [-0.39, 0.29) is 11.2 Å². The average Bonchev–Trinajstić information content (AvgIpc) is 2.81. The van der Waals surface area contributed by atoms with Gasteiger partial charge in [0.1, 0.15) is 4.83 Å². The molecule has 124 valence electrons. The number of aromatic nitrogens is 1. The van der Waals surface area contributed by atoms with E-state index >= 15 is 0 Å². The summed E-state index contributed by atoms with van der Waals surface area (Å²) in [6, 6.07) is 8.36. The van der Waals surface area contributed by atoms with Gasteiger partial charge in [0.05, 0.1) is 10.9 Å². The third-order valence-corrected chi connectivity index (χ3v) is 5.88. The van der Waals surface area contributed by atoms with Gasteiger partial charge in [0.25, 0.3) is 0 Å². The molecule has 3 rings (SSSR count). The van der Waals surface area contributed by atoms with E-state index in [1.807, 2.05) is 20.8 Å². The molecule has 4 heteroatoms. The van der Waals surface area contributed by atoms with Gasteiger partial charge in [-0.05, 0) is 45.7 Å². The van der Waals surface area contributed by atoms with Gasteiger partial charge >= 0.3 is 0 Å². The van der Waals surface area contributed by atoms with Gasteiger partial charge in [-0.15, -0.1) is 11.3 Å². The summed E-state index contributed by atoms with van der Waals surface area (Å²) in [5.41, 5.74) is 4.30. The number of rotatable bonds is 3. The molecule has 0 saturated heterocycles. The van der Waals surface area contributed by atoms with Gasteiger partial charge in [0.2, 0.25) is 5.43 Å². The molecule has 1 aromatic carbocycles. The standard InChI is InChI=1S/C20H21NO2S/c1-11-6-8-16(9-7-11)10-21-13(3)18(14(4)22)19(23)17-12(2)15(5)24-20(17)21/h6-9H,10H2,1-5H3. The van der Waals surface area contributed by atoms with Gasteiger partial charge in [0, 0.05) is 17.1 Å². The predicted molar refractivity (Wildman–Crippen MR) is 101 cm³/mol. The molecule has 0 fully saturated rings. The molecule has 0 unspecified atom stereocenters. The van der Waals surface area contributed by atoms with Crippen molar-refractivity contribution in [2.75, 3.05) is 0 Å². The predicted octanol–water partition coefficient (Wildman–Crippen LogP) is 4.55. The maximum Gasteiger partial charge on any atom is 0.201 e. The lowest BCUT2D eigenvalue weighted by Crippen LogP contribution is -2.21. The van der Waals surface area contributed by atoms with Crippen LogP contribution in [0.2, 0.25) is 0 Å². The topological polar surface area (TPSA) is 39.1 Å². The largest absolute Gasteiger partial charge is 0.331 e. The van der Waals surface area contributed by atoms with Gasteiger partial charge in [-0.25, -0.2) is 0 Å². The lowest BCUT2D eigenvalue weighted by Gasteiger charge is -2.15. The quantitative estimate of drug-likeness (QED) is 0.657. The third kappa shape index (κ3) is 2.61. The minimum atomic E-state index is -0.166. The van der Waals surface area contributed by atoms with Crippen molar-refractivity contribution < 1.29 is 4.79 Å². The number of benzene rings is 1. The lowest BCUT2D eigenvalue weighted by atomic mass is 10.0. The van der Waals surface area contributed by atoms with E-state index in [2.05, 4.69) is 35.8 Å². The van der Waals surface area contributed by atoms with Crippen LogP contribution in [-0.4, -0.2) is 10.4 Å². The van der Waals surface area contributed by atoms with Crippen LogP contribution in [0.25, 0.3) is 10.2 Å². The van der Waals surface area contributed by atoms with Crippen molar-refractivity contribution in [3.8, 4) is 0 Å². The van der Waals surface area contributed by atoms with Crippen molar-refractivity contribution in [2.24, 2.45) is 0 Å². The summed E-state index contributed by atoms with van der Waals surface area (Å²) in [5.74, 6) is -0.166. The number of nitrogens with zero attached hydrogens (tertiary/aromatic N) is 1. The van der Waals surface area contributed by atoms with Gasteiger partial charge < -0.3 is 4.57 Å². The highest BCUT2D eigenvalue weighted by atomic mass is 32.1. The van der Waals surface area contributed by atoms with Crippen LogP contribution in [0.15, 0.2) is 29.1 Å². The summed E-state index contributed by atoms with van der Waals surface area (Å²) in [7, 11) is 0. The van der Waals surface area contributed by atoms with Crippen LogP contribution in [0.4, 0.5) is 0 Å². The number of carbonyl (C=O) groups is 1. The van der Waals surface area contributed by atoms with Crippen molar-refractivity contribution in [3.05, 3.63) is 67.3 Å². The Balaban J connectivity index is 2.33. The Morgan fingerprint density at radius 1 is 1.08 bits per heavy atom. The van der Waals surface area contributed by atoms with E-state index in [9.17, 15) is 9.59 Å². The molecule has 2 aromatic heterocycles. The Hall–Kier alpha value is -2.20. The molecule has 0 aliphatic carbocycles. The van der Waals surface area contributed by atoms with Crippen LogP contribution in [0, 0.1) is 27.7 Å². The van der Waals surface area contributed by atoms with E-state index in [1.54, 1.807) is 11.3 Å². The summed E-state index contributed by atoms with van der Waals surface area (Å²) >= 11 is 1.63. The minimum absolute atomic E-state index is 0.128. The molecule has 0 saturated carbocycles. The van der Waals surface area contributed by atoms with Gasteiger partial charge in [0.15, 0.2) is 5.78 Å². The van der Waals surface area contributed by atoms with Gasteiger partial charge in [-0.1, -0.05) is 29.8 Å².